The maximum Gasteiger partial charge on any atom is 0.165 e. The Labute approximate surface area is 334 Å². The third-order valence-corrected chi connectivity index (χ3v) is 13.2. The number of para-hydroxylation sites is 4. The topological polar surface area (TPSA) is 39.5 Å². The van der Waals surface area contributed by atoms with Gasteiger partial charge in [0.05, 0.1) is 33.1 Å². The summed E-state index contributed by atoms with van der Waals surface area (Å²) < 4.78 is 7.18. The first-order valence-electron chi connectivity index (χ1n) is 20.3. The molecule has 15 rings (SSSR count). The maximum atomic E-state index is 5.70. The smallest absolute Gasteiger partial charge is 0.165 e. The number of benzene rings is 9. The summed E-state index contributed by atoms with van der Waals surface area (Å²) in [7, 11) is 0. The van der Waals surface area contributed by atoms with Crippen molar-refractivity contribution in [2.24, 2.45) is 0 Å². The molecular weight excluding hydrogens is 719 g/mol. The fourth-order valence-electron chi connectivity index (χ4n) is 10.9. The molecule has 0 aliphatic heterocycles. The predicted molar refractivity (Wildman–Crippen MR) is 246 cm³/mol. The number of fused-ring (bicyclic) bond motifs is 19. The second-order valence-electron chi connectivity index (χ2n) is 16.1. The van der Waals surface area contributed by atoms with Crippen LogP contribution in [0.4, 0.5) is 0 Å². The van der Waals surface area contributed by atoms with Crippen molar-refractivity contribution in [3.8, 4) is 16.8 Å². The van der Waals surface area contributed by atoms with E-state index in [-0.39, 0.29) is 0 Å². The summed E-state index contributed by atoms with van der Waals surface area (Å²) in [6.45, 7) is 0. The molecule has 0 spiro atoms. The van der Waals surface area contributed by atoms with Crippen LogP contribution in [-0.4, -0.2) is 23.3 Å². The maximum absolute atomic E-state index is 5.70. The van der Waals surface area contributed by atoms with Crippen LogP contribution in [0, 0.1) is 0 Å². The Morgan fingerprint density at radius 2 is 0.915 bits per heavy atom. The second-order valence-corrected chi connectivity index (χ2v) is 16.1. The Hall–Kier alpha value is -8.02. The molecule has 0 aliphatic rings. The predicted octanol–water partition coefficient (Wildman–Crippen LogP) is 13.8. The second kappa shape index (κ2) is 10.5. The molecule has 9 aromatic carbocycles. The van der Waals surface area contributed by atoms with E-state index >= 15 is 0 Å². The number of nitrogens with zero attached hydrogens (tertiary/aromatic N) is 5. The van der Waals surface area contributed by atoms with E-state index in [1.807, 2.05) is 0 Å². The third-order valence-electron chi connectivity index (χ3n) is 13.2. The van der Waals surface area contributed by atoms with E-state index in [0.717, 1.165) is 49.8 Å². The lowest BCUT2D eigenvalue weighted by Gasteiger charge is -2.11. The highest BCUT2D eigenvalue weighted by Gasteiger charge is 2.27. The van der Waals surface area contributed by atoms with Gasteiger partial charge in [0.15, 0.2) is 11.3 Å². The molecule has 0 N–H and O–H groups in total. The molecule has 0 atom stereocenters. The average molecular weight is 748 g/mol. The van der Waals surface area contributed by atoms with Crippen LogP contribution in [-0.2, 0) is 0 Å². The van der Waals surface area contributed by atoms with Gasteiger partial charge in [-0.25, -0.2) is 9.97 Å². The molecule has 0 unspecified atom stereocenters. The van der Waals surface area contributed by atoms with Crippen molar-refractivity contribution < 1.29 is 0 Å². The van der Waals surface area contributed by atoms with Gasteiger partial charge < -0.3 is 4.57 Å². The van der Waals surface area contributed by atoms with Gasteiger partial charge in [-0.15, -0.1) is 0 Å². The van der Waals surface area contributed by atoms with E-state index in [1.165, 1.54) is 87.1 Å². The van der Waals surface area contributed by atoms with Crippen LogP contribution in [0.1, 0.15) is 0 Å². The minimum absolute atomic E-state index is 0.890. The van der Waals surface area contributed by atoms with E-state index < -0.39 is 0 Å². The quantitative estimate of drug-likeness (QED) is 0.177. The summed E-state index contributed by atoms with van der Waals surface area (Å²) in [6, 6.07) is 64.3. The SMILES string of the molecule is c1ccc(-n2c3ccccc3c3cc(-c4cc5ccccc5c5c6cccc7c8nc9c(nc8n(c45)c76)c4cccc5c6c7ccccc7ccc6n9c45)ccc32)cc1. The van der Waals surface area contributed by atoms with Gasteiger partial charge in [0.2, 0.25) is 0 Å². The first kappa shape index (κ1) is 30.2. The molecule has 59 heavy (non-hydrogen) atoms. The summed E-state index contributed by atoms with van der Waals surface area (Å²) in [5.74, 6) is 0. The van der Waals surface area contributed by atoms with E-state index in [1.54, 1.807) is 0 Å². The standard InChI is InChI=1S/C54H29N5/c1-2-14-33(15-3-1)57-43-23-9-8-18-36(43)42-29-32(25-26-44(42)57)41-28-31-13-5-7-17-35(31)47-38-20-11-22-40-49-54(59(51(38)40)52(41)47)56-48-39-21-10-19-37-46-34-16-6-4-12-30(34)24-27-45(46)58(50(37)39)53(48)55-49/h1-29H. The van der Waals surface area contributed by atoms with Crippen LogP contribution in [0.3, 0.4) is 0 Å². The first-order valence-corrected chi connectivity index (χ1v) is 20.3. The number of aromatic nitrogens is 5. The normalized spacial score (nSPS) is 12.7. The van der Waals surface area contributed by atoms with Gasteiger partial charge in [-0.2, -0.15) is 0 Å². The lowest BCUT2D eigenvalue weighted by Crippen LogP contribution is -1.93. The highest BCUT2D eigenvalue weighted by Crippen LogP contribution is 2.47. The zero-order valence-corrected chi connectivity index (χ0v) is 31.5. The Balaban J connectivity index is 1.10. The number of rotatable bonds is 2. The van der Waals surface area contributed by atoms with E-state index in [4.69, 9.17) is 9.97 Å². The van der Waals surface area contributed by atoms with Crippen molar-refractivity contribution in [3.05, 3.63) is 176 Å². The molecule has 0 bridgehead atoms. The molecule has 6 heterocycles. The number of hydrogen-bond donors (Lipinski definition) is 0. The zero-order valence-electron chi connectivity index (χ0n) is 31.5. The van der Waals surface area contributed by atoms with Crippen LogP contribution in [0.2, 0.25) is 0 Å². The summed E-state index contributed by atoms with van der Waals surface area (Å²) >= 11 is 0. The highest BCUT2D eigenvalue weighted by molar-refractivity contribution is 6.32. The molecule has 5 nitrogen and oxygen atoms in total. The lowest BCUT2D eigenvalue weighted by molar-refractivity contribution is 1.18. The van der Waals surface area contributed by atoms with Crippen molar-refractivity contribution >= 4 is 120 Å². The zero-order chi connectivity index (χ0) is 38.1. The van der Waals surface area contributed by atoms with Crippen LogP contribution >= 0.6 is 0 Å². The van der Waals surface area contributed by atoms with Gasteiger partial charge in [0, 0.05) is 54.3 Å². The van der Waals surface area contributed by atoms with Gasteiger partial charge in [-0.1, -0.05) is 133 Å². The van der Waals surface area contributed by atoms with Crippen molar-refractivity contribution in [2.75, 3.05) is 0 Å². The van der Waals surface area contributed by atoms with Gasteiger partial charge in [-0.3, -0.25) is 8.80 Å². The number of hydrogen-bond acceptors (Lipinski definition) is 2. The summed E-state index contributed by atoms with van der Waals surface area (Å²) in [5.41, 5.74) is 14.2. The van der Waals surface area contributed by atoms with E-state index in [9.17, 15) is 0 Å². The molecule has 0 saturated carbocycles. The molecule has 0 aliphatic carbocycles. The largest absolute Gasteiger partial charge is 0.309 e. The monoisotopic (exact) mass is 747 g/mol. The van der Waals surface area contributed by atoms with Gasteiger partial charge >= 0.3 is 0 Å². The van der Waals surface area contributed by atoms with Crippen LogP contribution in [0.5, 0.6) is 0 Å². The van der Waals surface area contributed by atoms with Gasteiger partial charge in [0.25, 0.3) is 0 Å². The van der Waals surface area contributed by atoms with E-state index in [2.05, 4.69) is 189 Å². The van der Waals surface area contributed by atoms with Crippen LogP contribution in [0.25, 0.3) is 137 Å². The molecule has 6 aromatic heterocycles. The molecule has 0 radical (unpaired) electrons. The van der Waals surface area contributed by atoms with Crippen LogP contribution < -0.4 is 0 Å². The fraction of sp³-hybridized carbons (Fsp3) is 0. The first-order chi connectivity index (χ1) is 29.3. The van der Waals surface area contributed by atoms with Crippen molar-refractivity contribution in [3.63, 3.8) is 0 Å². The van der Waals surface area contributed by atoms with Crippen molar-refractivity contribution in [1.29, 1.82) is 0 Å². The van der Waals surface area contributed by atoms with Crippen molar-refractivity contribution in [2.45, 2.75) is 0 Å². The third kappa shape index (κ3) is 3.59. The molecule has 15 aromatic rings. The Bertz CT molecular complexity index is 4300. The molecule has 5 heteroatoms. The Kier molecular flexibility index (Phi) is 5.36. The lowest BCUT2D eigenvalue weighted by atomic mass is 9.95. The summed E-state index contributed by atoms with van der Waals surface area (Å²) in [5, 5.41) is 14.7. The molecule has 270 valence electrons. The summed E-state index contributed by atoms with van der Waals surface area (Å²) in [4.78, 5) is 11.3. The summed E-state index contributed by atoms with van der Waals surface area (Å²) in [6.07, 6.45) is 0. The van der Waals surface area contributed by atoms with Crippen molar-refractivity contribution in [1.82, 2.24) is 23.3 Å². The fourth-order valence-corrected chi connectivity index (χ4v) is 10.9. The van der Waals surface area contributed by atoms with Crippen LogP contribution in [0.15, 0.2) is 176 Å². The van der Waals surface area contributed by atoms with Gasteiger partial charge in [-0.05, 0) is 69.6 Å². The molecule has 0 amide bonds. The molecule has 0 fully saturated rings. The molecule has 0 saturated heterocycles. The highest BCUT2D eigenvalue weighted by atomic mass is 15.1. The van der Waals surface area contributed by atoms with Gasteiger partial charge in [0.1, 0.15) is 11.0 Å². The van der Waals surface area contributed by atoms with E-state index in [0.29, 0.717) is 0 Å². The molecular formula is C54H29N5. The Morgan fingerprint density at radius 1 is 0.339 bits per heavy atom. The minimum atomic E-state index is 0.890. The minimum Gasteiger partial charge on any atom is -0.309 e. The average Bonchev–Trinajstić information content (AvgIpc) is 4.09. The Morgan fingerprint density at radius 3 is 1.71 bits per heavy atom.